The summed E-state index contributed by atoms with van der Waals surface area (Å²) in [4.78, 5) is 6.31. The normalized spacial score (nSPS) is 23.8. The van der Waals surface area contributed by atoms with E-state index in [-0.39, 0.29) is 5.82 Å². The number of fused-ring (bicyclic) bond motifs is 1. The molecule has 4 heteroatoms. The highest BCUT2D eigenvalue weighted by Crippen LogP contribution is 2.31. The average Bonchev–Trinajstić information content (AvgIpc) is 2.68. The van der Waals surface area contributed by atoms with Crippen LogP contribution in [0.25, 0.3) is 10.9 Å². The SMILES string of the molecule is CC1(O)CCN(c2ccnc3cc(F)ccc23)C1. The fourth-order valence-corrected chi connectivity index (χ4v) is 2.53. The molecule has 3 nitrogen and oxygen atoms in total. The van der Waals surface area contributed by atoms with E-state index in [4.69, 9.17) is 0 Å². The molecule has 0 amide bonds. The van der Waals surface area contributed by atoms with E-state index in [1.807, 2.05) is 13.0 Å². The van der Waals surface area contributed by atoms with Crippen LogP contribution in [0.15, 0.2) is 30.5 Å². The second kappa shape index (κ2) is 3.92. The molecule has 1 fully saturated rings. The monoisotopic (exact) mass is 246 g/mol. The first kappa shape index (κ1) is 11.4. The molecule has 0 saturated carbocycles. The molecule has 3 rings (SSSR count). The molecular formula is C14H15FN2O. The molecule has 1 aliphatic heterocycles. The molecule has 94 valence electrons. The molecule has 1 N–H and O–H groups in total. The summed E-state index contributed by atoms with van der Waals surface area (Å²) in [6, 6.07) is 6.55. The topological polar surface area (TPSA) is 36.4 Å². The van der Waals surface area contributed by atoms with Crippen LogP contribution in [0, 0.1) is 5.82 Å². The van der Waals surface area contributed by atoms with Gasteiger partial charge in [-0.2, -0.15) is 0 Å². The molecule has 1 aromatic heterocycles. The zero-order valence-corrected chi connectivity index (χ0v) is 10.2. The van der Waals surface area contributed by atoms with Crippen molar-refractivity contribution in [3.05, 3.63) is 36.3 Å². The Kier molecular flexibility index (Phi) is 2.48. The Morgan fingerprint density at radius 3 is 2.94 bits per heavy atom. The Morgan fingerprint density at radius 2 is 2.22 bits per heavy atom. The van der Waals surface area contributed by atoms with E-state index in [1.165, 1.54) is 12.1 Å². The molecule has 0 radical (unpaired) electrons. The zero-order valence-electron chi connectivity index (χ0n) is 10.2. The van der Waals surface area contributed by atoms with Gasteiger partial charge in [0.1, 0.15) is 5.82 Å². The van der Waals surface area contributed by atoms with Crippen LogP contribution < -0.4 is 4.90 Å². The molecule has 1 atom stereocenters. The van der Waals surface area contributed by atoms with Crippen molar-refractivity contribution in [3.63, 3.8) is 0 Å². The van der Waals surface area contributed by atoms with Crippen LogP contribution in [0.1, 0.15) is 13.3 Å². The number of anilines is 1. The van der Waals surface area contributed by atoms with Crippen molar-refractivity contribution < 1.29 is 9.50 Å². The largest absolute Gasteiger partial charge is 0.388 e. The molecule has 2 heterocycles. The third-order valence-electron chi connectivity index (χ3n) is 3.47. The number of benzene rings is 1. The lowest BCUT2D eigenvalue weighted by molar-refractivity contribution is 0.0839. The van der Waals surface area contributed by atoms with Crippen molar-refractivity contribution in [1.29, 1.82) is 0 Å². The number of halogens is 1. The quantitative estimate of drug-likeness (QED) is 0.839. The van der Waals surface area contributed by atoms with Crippen LogP contribution in [0.3, 0.4) is 0 Å². The van der Waals surface area contributed by atoms with Crippen molar-refractivity contribution in [2.75, 3.05) is 18.0 Å². The lowest BCUT2D eigenvalue weighted by atomic mass is 10.1. The van der Waals surface area contributed by atoms with Gasteiger partial charge in [-0.25, -0.2) is 4.39 Å². The van der Waals surface area contributed by atoms with E-state index < -0.39 is 5.60 Å². The van der Waals surface area contributed by atoms with Gasteiger partial charge in [0.05, 0.1) is 11.1 Å². The third kappa shape index (κ3) is 1.93. The number of hydrogen-bond acceptors (Lipinski definition) is 3. The maximum Gasteiger partial charge on any atom is 0.125 e. The fraction of sp³-hybridized carbons (Fsp3) is 0.357. The Morgan fingerprint density at radius 1 is 1.39 bits per heavy atom. The molecule has 18 heavy (non-hydrogen) atoms. The number of nitrogens with zero attached hydrogens (tertiary/aromatic N) is 2. The van der Waals surface area contributed by atoms with Gasteiger partial charge in [0.2, 0.25) is 0 Å². The molecular weight excluding hydrogens is 231 g/mol. The summed E-state index contributed by atoms with van der Waals surface area (Å²) in [5.74, 6) is -0.277. The van der Waals surface area contributed by atoms with Crippen LogP contribution >= 0.6 is 0 Å². The van der Waals surface area contributed by atoms with E-state index >= 15 is 0 Å². The van der Waals surface area contributed by atoms with Gasteiger partial charge in [-0.15, -0.1) is 0 Å². The molecule has 1 saturated heterocycles. The van der Waals surface area contributed by atoms with Gasteiger partial charge in [-0.05, 0) is 31.5 Å². The van der Waals surface area contributed by atoms with Gasteiger partial charge in [-0.1, -0.05) is 0 Å². The van der Waals surface area contributed by atoms with E-state index in [1.54, 1.807) is 12.3 Å². The summed E-state index contributed by atoms with van der Waals surface area (Å²) < 4.78 is 13.2. The molecule has 1 aliphatic rings. The lowest BCUT2D eigenvalue weighted by Gasteiger charge is -2.22. The summed E-state index contributed by atoms with van der Waals surface area (Å²) in [7, 11) is 0. The minimum atomic E-state index is -0.643. The number of aliphatic hydroxyl groups is 1. The van der Waals surface area contributed by atoms with Gasteiger partial charge in [-0.3, -0.25) is 4.98 Å². The van der Waals surface area contributed by atoms with Crippen molar-refractivity contribution >= 4 is 16.6 Å². The first-order valence-electron chi connectivity index (χ1n) is 6.07. The van der Waals surface area contributed by atoms with E-state index in [2.05, 4.69) is 9.88 Å². The zero-order chi connectivity index (χ0) is 12.8. The summed E-state index contributed by atoms with van der Waals surface area (Å²) in [5, 5.41) is 11.0. The van der Waals surface area contributed by atoms with Gasteiger partial charge in [0.25, 0.3) is 0 Å². The first-order chi connectivity index (χ1) is 8.55. The first-order valence-corrected chi connectivity index (χ1v) is 6.07. The Hall–Kier alpha value is -1.68. The predicted molar refractivity (Wildman–Crippen MR) is 69.2 cm³/mol. The highest BCUT2D eigenvalue weighted by Gasteiger charge is 2.31. The van der Waals surface area contributed by atoms with Gasteiger partial charge in [0, 0.05) is 36.4 Å². The third-order valence-corrected chi connectivity index (χ3v) is 3.47. The molecule has 2 aromatic rings. The Bertz CT molecular complexity index is 597. The van der Waals surface area contributed by atoms with E-state index in [0.29, 0.717) is 12.1 Å². The van der Waals surface area contributed by atoms with Crippen molar-refractivity contribution in [3.8, 4) is 0 Å². The Balaban J connectivity index is 2.07. The highest BCUT2D eigenvalue weighted by atomic mass is 19.1. The predicted octanol–water partition coefficient (Wildman–Crippen LogP) is 2.33. The molecule has 0 bridgehead atoms. The Labute approximate surface area is 105 Å². The van der Waals surface area contributed by atoms with Crippen LogP contribution in [0.4, 0.5) is 10.1 Å². The van der Waals surface area contributed by atoms with Gasteiger partial charge < -0.3 is 10.0 Å². The van der Waals surface area contributed by atoms with Crippen molar-refractivity contribution in [2.24, 2.45) is 0 Å². The number of β-amino-alcohol motifs (C(OH)–C–C–N with tert-alkyl or cyclic N) is 1. The second-order valence-corrected chi connectivity index (χ2v) is 5.16. The smallest absolute Gasteiger partial charge is 0.125 e. The standard InChI is InChI=1S/C14H15FN2O/c1-14(18)5-7-17(9-14)13-4-6-16-12-8-10(15)2-3-11(12)13/h2-4,6,8,18H,5,7,9H2,1H3. The second-order valence-electron chi connectivity index (χ2n) is 5.16. The van der Waals surface area contributed by atoms with E-state index in [0.717, 1.165) is 24.0 Å². The van der Waals surface area contributed by atoms with E-state index in [9.17, 15) is 9.50 Å². The molecule has 0 aliphatic carbocycles. The van der Waals surface area contributed by atoms with Crippen molar-refractivity contribution in [2.45, 2.75) is 18.9 Å². The van der Waals surface area contributed by atoms with Gasteiger partial charge >= 0.3 is 0 Å². The number of pyridine rings is 1. The number of rotatable bonds is 1. The van der Waals surface area contributed by atoms with Crippen LogP contribution in [-0.2, 0) is 0 Å². The maximum atomic E-state index is 13.2. The van der Waals surface area contributed by atoms with Gasteiger partial charge in [0.15, 0.2) is 0 Å². The lowest BCUT2D eigenvalue weighted by Crippen LogP contribution is -2.29. The van der Waals surface area contributed by atoms with Crippen LogP contribution in [0.5, 0.6) is 0 Å². The minimum Gasteiger partial charge on any atom is -0.388 e. The summed E-state index contributed by atoms with van der Waals surface area (Å²) in [6.07, 6.45) is 2.43. The van der Waals surface area contributed by atoms with Crippen molar-refractivity contribution in [1.82, 2.24) is 4.98 Å². The average molecular weight is 246 g/mol. The fourth-order valence-electron chi connectivity index (χ4n) is 2.53. The number of hydrogen-bond donors (Lipinski definition) is 1. The van der Waals surface area contributed by atoms with Crippen LogP contribution in [0.2, 0.25) is 0 Å². The maximum absolute atomic E-state index is 13.2. The van der Waals surface area contributed by atoms with Crippen LogP contribution in [-0.4, -0.2) is 28.8 Å². The molecule has 1 unspecified atom stereocenters. The minimum absolute atomic E-state index is 0.277. The molecule has 0 spiro atoms. The molecule has 1 aromatic carbocycles. The summed E-state index contributed by atoms with van der Waals surface area (Å²) in [5.41, 5.74) is 1.02. The highest BCUT2D eigenvalue weighted by molar-refractivity contribution is 5.91. The summed E-state index contributed by atoms with van der Waals surface area (Å²) >= 11 is 0. The number of aromatic nitrogens is 1. The summed E-state index contributed by atoms with van der Waals surface area (Å²) in [6.45, 7) is 3.25.